The van der Waals surface area contributed by atoms with Crippen molar-refractivity contribution in [2.75, 3.05) is 0 Å². The minimum Gasteiger partial charge on any atom is -0.440 e. The third-order valence-electron chi connectivity index (χ3n) is 1.43. The Morgan fingerprint density at radius 3 is 2.33 bits per heavy atom. The van der Waals surface area contributed by atoms with Crippen LogP contribution >= 0.6 is 0 Å². The minimum atomic E-state index is -0.958. The van der Waals surface area contributed by atoms with Gasteiger partial charge in [0, 0.05) is 6.08 Å². The number of aromatic nitrogens is 3. The normalized spacial score (nSPS) is 9.60. The van der Waals surface area contributed by atoms with Gasteiger partial charge in [-0.2, -0.15) is 0 Å². The highest BCUT2D eigenvalue weighted by Crippen LogP contribution is 1.79. The third kappa shape index (κ3) is 2.53. The molecule has 8 nitrogen and oxygen atoms in total. The van der Waals surface area contributed by atoms with Gasteiger partial charge in [0.2, 0.25) is 0 Å². The van der Waals surface area contributed by atoms with Gasteiger partial charge in [-0.1, -0.05) is 6.58 Å². The van der Waals surface area contributed by atoms with Crippen LogP contribution in [0.3, 0.4) is 0 Å². The summed E-state index contributed by atoms with van der Waals surface area (Å²) in [4.78, 5) is 46.9. The Bertz CT molecular complexity index is 514. The van der Waals surface area contributed by atoms with Crippen LogP contribution in [0.2, 0.25) is 0 Å². The fraction of sp³-hybridized carbons (Fsp3) is 0.143. The zero-order valence-corrected chi connectivity index (χ0v) is 7.48. The second-order valence-electron chi connectivity index (χ2n) is 2.41. The van der Waals surface area contributed by atoms with Crippen molar-refractivity contribution in [2.45, 2.75) is 6.73 Å². The number of nitrogens with zero attached hydrogens (tertiary/aromatic N) is 1. The van der Waals surface area contributed by atoms with E-state index in [4.69, 9.17) is 0 Å². The van der Waals surface area contributed by atoms with Crippen molar-refractivity contribution in [3.63, 3.8) is 0 Å². The van der Waals surface area contributed by atoms with Crippen molar-refractivity contribution in [2.24, 2.45) is 0 Å². The van der Waals surface area contributed by atoms with Gasteiger partial charge in [0.1, 0.15) is 0 Å². The predicted octanol–water partition coefficient (Wildman–Crippen LogP) is -2.09. The summed E-state index contributed by atoms with van der Waals surface area (Å²) in [5, 5.41) is 0. The van der Waals surface area contributed by atoms with Gasteiger partial charge in [0.15, 0.2) is 6.73 Å². The van der Waals surface area contributed by atoms with E-state index in [1.807, 2.05) is 0 Å². The van der Waals surface area contributed by atoms with Gasteiger partial charge in [-0.25, -0.2) is 23.7 Å². The molecule has 80 valence electrons. The van der Waals surface area contributed by atoms with Gasteiger partial charge in [-0.3, -0.25) is 9.97 Å². The first-order valence-electron chi connectivity index (χ1n) is 3.77. The Labute approximate surface area is 81.8 Å². The highest BCUT2D eigenvalue weighted by Gasteiger charge is 2.04. The first kappa shape index (κ1) is 10.7. The fourth-order valence-corrected chi connectivity index (χ4v) is 0.757. The maximum absolute atomic E-state index is 11.0. The summed E-state index contributed by atoms with van der Waals surface area (Å²) < 4.78 is 4.96. The summed E-state index contributed by atoms with van der Waals surface area (Å²) in [7, 11) is 0. The van der Waals surface area contributed by atoms with E-state index >= 15 is 0 Å². The molecule has 0 aliphatic carbocycles. The molecule has 1 heterocycles. The van der Waals surface area contributed by atoms with Crippen molar-refractivity contribution in [3.05, 3.63) is 44.1 Å². The van der Waals surface area contributed by atoms with E-state index in [0.717, 1.165) is 6.08 Å². The summed E-state index contributed by atoms with van der Waals surface area (Å²) in [5.41, 5.74) is -2.84. The summed E-state index contributed by atoms with van der Waals surface area (Å²) in [5.74, 6) is -0.785. The van der Waals surface area contributed by atoms with Crippen LogP contribution in [0.25, 0.3) is 0 Å². The summed E-state index contributed by atoms with van der Waals surface area (Å²) in [6.07, 6.45) is 0.880. The molecule has 2 N–H and O–H groups in total. The standard InChI is InChI=1S/C7H7N3O5/c1-2-4(11)15-3-10-6(13)8-5(12)9-7(10)14/h2H,1,3H2,(H2,8,9,12,13,14). The molecule has 1 aromatic heterocycles. The van der Waals surface area contributed by atoms with Crippen LogP contribution in [-0.4, -0.2) is 20.5 Å². The van der Waals surface area contributed by atoms with E-state index in [0.29, 0.717) is 4.57 Å². The molecule has 0 radical (unpaired) electrons. The largest absolute Gasteiger partial charge is 0.440 e. The molecule has 0 saturated heterocycles. The monoisotopic (exact) mass is 213 g/mol. The third-order valence-corrected chi connectivity index (χ3v) is 1.43. The van der Waals surface area contributed by atoms with Gasteiger partial charge in [0.25, 0.3) is 0 Å². The number of aromatic amines is 2. The molecular formula is C7H7N3O5. The van der Waals surface area contributed by atoms with Gasteiger partial charge < -0.3 is 4.74 Å². The van der Waals surface area contributed by atoms with E-state index < -0.39 is 29.8 Å². The molecule has 0 spiro atoms. The van der Waals surface area contributed by atoms with Crippen molar-refractivity contribution >= 4 is 5.97 Å². The zero-order valence-electron chi connectivity index (χ0n) is 7.48. The van der Waals surface area contributed by atoms with Crippen LogP contribution < -0.4 is 17.1 Å². The Hall–Kier alpha value is -2.38. The van der Waals surface area contributed by atoms with E-state index in [2.05, 4.69) is 11.3 Å². The highest BCUT2D eigenvalue weighted by atomic mass is 16.5. The van der Waals surface area contributed by atoms with Crippen LogP contribution in [0, 0.1) is 0 Å². The zero-order chi connectivity index (χ0) is 11.4. The van der Waals surface area contributed by atoms with Crippen molar-refractivity contribution < 1.29 is 9.53 Å². The Balaban J connectivity index is 3.01. The number of hydrogen-bond acceptors (Lipinski definition) is 5. The van der Waals surface area contributed by atoms with Crippen LogP contribution in [0.1, 0.15) is 0 Å². The topological polar surface area (TPSA) is 114 Å². The summed E-state index contributed by atoms with van der Waals surface area (Å²) in [6, 6.07) is 0. The number of H-pyrrole nitrogens is 2. The Morgan fingerprint density at radius 1 is 1.33 bits per heavy atom. The lowest BCUT2D eigenvalue weighted by Gasteiger charge is -2.02. The first-order chi connectivity index (χ1) is 7.04. The number of nitrogens with one attached hydrogen (secondary N) is 2. The molecule has 0 aliphatic rings. The molecule has 0 unspecified atom stereocenters. The molecule has 0 aromatic carbocycles. The number of hydrogen-bond donors (Lipinski definition) is 2. The minimum absolute atomic E-state index is 0.517. The van der Waals surface area contributed by atoms with Gasteiger partial charge >= 0.3 is 23.0 Å². The number of carbonyl (C=O) groups is 1. The number of carbonyl (C=O) groups excluding carboxylic acids is 1. The van der Waals surface area contributed by atoms with Crippen molar-refractivity contribution in [1.82, 2.24) is 14.5 Å². The molecule has 0 saturated carbocycles. The average molecular weight is 213 g/mol. The maximum atomic E-state index is 11.0. The summed E-state index contributed by atoms with van der Waals surface area (Å²) >= 11 is 0. The summed E-state index contributed by atoms with van der Waals surface area (Å²) in [6.45, 7) is 2.54. The molecule has 0 fully saturated rings. The number of esters is 1. The van der Waals surface area contributed by atoms with Crippen LogP contribution in [-0.2, 0) is 16.3 Å². The van der Waals surface area contributed by atoms with E-state index in [1.54, 1.807) is 9.97 Å². The van der Waals surface area contributed by atoms with Crippen molar-refractivity contribution in [1.29, 1.82) is 0 Å². The van der Waals surface area contributed by atoms with Crippen LogP contribution in [0.5, 0.6) is 0 Å². The van der Waals surface area contributed by atoms with Gasteiger partial charge in [-0.05, 0) is 0 Å². The molecule has 1 rings (SSSR count). The van der Waals surface area contributed by atoms with E-state index in [1.165, 1.54) is 0 Å². The van der Waals surface area contributed by atoms with Crippen LogP contribution in [0.15, 0.2) is 27.0 Å². The lowest BCUT2D eigenvalue weighted by Crippen LogP contribution is -2.43. The number of rotatable bonds is 3. The highest BCUT2D eigenvalue weighted by molar-refractivity contribution is 5.80. The molecule has 1 aromatic rings. The molecular weight excluding hydrogens is 206 g/mol. The second kappa shape index (κ2) is 4.22. The number of ether oxygens (including phenoxy) is 1. The fourth-order valence-electron chi connectivity index (χ4n) is 0.757. The van der Waals surface area contributed by atoms with E-state index in [-0.39, 0.29) is 0 Å². The van der Waals surface area contributed by atoms with Crippen LogP contribution in [0.4, 0.5) is 0 Å². The SMILES string of the molecule is C=CC(=O)OCn1c(=O)[nH]c(=O)[nH]c1=O. The molecule has 0 atom stereocenters. The maximum Gasteiger partial charge on any atom is 0.336 e. The van der Waals surface area contributed by atoms with Gasteiger partial charge in [0.05, 0.1) is 0 Å². The van der Waals surface area contributed by atoms with Crippen molar-refractivity contribution in [3.8, 4) is 0 Å². The average Bonchev–Trinajstić information content (AvgIpc) is 2.15. The van der Waals surface area contributed by atoms with E-state index in [9.17, 15) is 19.2 Å². The second-order valence-corrected chi connectivity index (χ2v) is 2.41. The molecule has 0 aliphatic heterocycles. The Kier molecular flexibility index (Phi) is 3.01. The smallest absolute Gasteiger partial charge is 0.336 e. The lowest BCUT2D eigenvalue weighted by atomic mass is 10.7. The molecule has 15 heavy (non-hydrogen) atoms. The lowest BCUT2D eigenvalue weighted by molar-refractivity contribution is -0.141. The first-order valence-corrected chi connectivity index (χ1v) is 3.77. The molecule has 8 heteroatoms. The predicted molar refractivity (Wildman–Crippen MR) is 48.2 cm³/mol. The molecule has 0 amide bonds. The van der Waals surface area contributed by atoms with Gasteiger partial charge in [-0.15, -0.1) is 0 Å². The quantitative estimate of drug-likeness (QED) is 0.441. The Morgan fingerprint density at radius 2 is 1.87 bits per heavy atom. The molecule has 0 bridgehead atoms.